The van der Waals surface area contributed by atoms with Gasteiger partial charge in [-0.15, -0.1) is 10.2 Å². The van der Waals surface area contributed by atoms with E-state index in [9.17, 15) is 0 Å². The summed E-state index contributed by atoms with van der Waals surface area (Å²) in [6, 6.07) is 10.2. The zero-order valence-electron chi connectivity index (χ0n) is 15.2. The van der Waals surface area contributed by atoms with Gasteiger partial charge in [0.2, 0.25) is 5.28 Å². The number of unbranched alkanes of at least 4 members (excludes halogenated alkanes) is 1. The molecule has 28 heavy (non-hydrogen) atoms. The predicted molar refractivity (Wildman–Crippen MR) is 109 cm³/mol. The van der Waals surface area contributed by atoms with Crippen LogP contribution in [0.3, 0.4) is 0 Å². The summed E-state index contributed by atoms with van der Waals surface area (Å²) >= 11 is 9.57. The number of rotatable bonds is 7. The van der Waals surface area contributed by atoms with Crippen molar-refractivity contribution in [3.63, 3.8) is 0 Å². The molecule has 0 saturated heterocycles. The maximum atomic E-state index is 6.01. The van der Waals surface area contributed by atoms with Gasteiger partial charge in [0.15, 0.2) is 5.82 Å². The zero-order valence-corrected chi connectivity index (χ0v) is 17.5. The molecule has 0 aliphatic heterocycles. The third-order valence-corrected chi connectivity index (χ3v) is 5.23. The summed E-state index contributed by atoms with van der Waals surface area (Å²) in [5, 5.41) is 18.8. The molecule has 1 N–H and O–H groups in total. The Morgan fingerprint density at radius 2 is 2.00 bits per heavy atom. The van der Waals surface area contributed by atoms with Crippen molar-refractivity contribution in [2.24, 2.45) is 0 Å². The number of aromatic nitrogens is 8. The second kappa shape index (κ2) is 8.24. The first kappa shape index (κ1) is 18.8. The molecule has 0 fully saturated rings. The quantitative estimate of drug-likeness (QED) is 0.448. The molecule has 0 aliphatic rings. The predicted octanol–water partition coefficient (Wildman–Crippen LogP) is 4.06. The maximum Gasteiger partial charge on any atom is 0.242 e. The van der Waals surface area contributed by atoms with Crippen molar-refractivity contribution in [1.82, 2.24) is 40.0 Å². The average Bonchev–Trinajstić information content (AvgIpc) is 3.41. The van der Waals surface area contributed by atoms with Gasteiger partial charge in [0, 0.05) is 22.8 Å². The van der Waals surface area contributed by atoms with Crippen LogP contribution in [0.5, 0.6) is 0 Å². The molecule has 0 amide bonds. The molecule has 0 unspecified atom stereocenters. The molecule has 3 heterocycles. The number of aromatic amines is 1. The first-order valence-electron chi connectivity index (χ1n) is 8.95. The third kappa shape index (κ3) is 3.85. The second-order valence-corrected chi connectivity index (χ2v) is 7.55. The van der Waals surface area contributed by atoms with Crippen molar-refractivity contribution in [3.8, 4) is 17.2 Å². The second-order valence-electron chi connectivity index (χ2n) is 6.36. The minimum absolute atomic E-state index is 0.297. The SMILES string of the molecule is CCCCc1nc(Cl)nn1Cc1ccc(-n2ccc(Br)c2-c2nnn[nH]2)cc1. The molecule has 0 saturated carbocycles. The Bertz CT molecular complexity index is 1050. The van der Waals surface area contributed by atoms with E-state index >= 15 is 0 Å². The Kier molecular flexibility index (Phi) is 5.54. The molecule has 10 heteroatoms. The monoisotopic (exact) mass is 460 g/mol. The highest BCUT2D eigenvalue weighted by atomic mass is 79.9. The zero-order chi connectivity index (χ0) is 19.5. The van der Waals surface area contributed by atoms with E-state index in [0.29, 0.717) is 17.7 Å². The molecule has 8 nitrogen and oxygen atoms in total. The fraction of sp³-hybridized carbons (Fsp3) is 0.278. The van der Waals surface area contributed by atoms with Crippen LogP contribution >= 0.6 is 27.5 Å². The number of nitrogens with zero attached hydrogens (tertiary/aromatic N) is 7. The lowest BCUT2D eigenvalue weighted by Gasteiger charge is -2.10. The number of H-pyrrole nitrogens is 1. The van der Waals surface area contributed by atoms with Crippen molar-refractivity contribution in [1.29, 1.82) is 0 Å². The van der Waals surface area contributed by atoms with E-state index in [1.165, 1.54) is 0 Å². The lowest BCUT2D eigenvalue weighted by atomic mass is 10.2. The number of aryl methyl sites for hydroxylation is 1. The standard InChI is InChI=1S/C18H18BrClN8/c1-2-3-4-15-21-18(20)24-28(15)11-12-5-7-13(8-6-12)27-10-9-14(19)16(27)17-22-25-26-23-17/h5-10H,2-4,11H2,1H3,(H,22,23,25,26). The van der Waals surface area contributed by atoms with E-state index in [0.717, 1.165) is 46.5 Å². The fourth-order valence-electron chi connectivity index (χ4n) is 3.04. The number of hydrogen-bond acceptors (Lipinski definition) is 5. The van der Waals surface area contributed by atoms with Gasteiger partial charge in [0.1, 0.15) is 11.5 Å². The Labute approximate surface area is 175 Å². The molecule has 144 valence electrons. The number of halogens is 2. The van der Waals surface area contributed by atoms with Crippen LogP contribution in [0.4, 0.5) is 0 Å². The van der Waals surface area contributed by atoms with Gasteiger partial charge in [0.05, 0.1) is 6.54 Å². The van der Waals surface area contributed by atoms with Crippen LogP contribution in [0.2, 0.25) is 5.28 Å². The van der Waals surface area contributed by atoms with Gasteiger partial charge in [-0.25, -0.2) is 14.8 Å². The topological polar surface area (TPSA) is 90.1 Å². The Balaban J connectivity index is 1.58. The number of hydrogen-bond donors (Lipinski definition) is 1. The normalized spacial score (nSPS) is 11.2. The first-order chi connectivity index (χ1) is 13.7. The molecule has 0 atom stereocenters. The molecule has 3 aromatic heterocycles. The lowest BCUT2D eigenvalue weighted by Crippen LogP contribution is -2.07. The highest BCUT2D eigenvalue weighted by Crippen LogP contribution is 2.29. The van der Waals surface area contributed by atoms with Crippen LogP contribution in [0.15, 0.2) is 41.0 Å². The van der Waals surface area contributed by atoms with Crippen molar-refractivity contribution in [3.05, 3.63) is 57.7 Å². The molecule has 0 spiro atoms. The minimum Gasteiger partial charge on any atom is -0.313 e. The van der Waals surface area contributed by atoms with E-state index in [1.807, 2.05) is 21.5 Å². The molecule has 0 bridgehead atoms. The summed E-state index contributed by atoms with van der Waals surface area (Å²) in [6.07, 6.45) is 5.02. The number of benzene rings is 1. The number of nitrogens with one attached hydrogen (secondary N) is 1. The van der Waals surface area contributed by atoms with Gasteiger partial charge in [-0.3, -0.25) is 0 Å². The summed E-state index contributed by atoms with van der Waals surface area (Å²) in [5.41, 5.74) is 2.99. The first-order valence-corrected chi connectivity index (χ1v) is 10.1. The summed E-state index contributed by atoms with van der Waals surface area (Å²) in [6.45, 7) is 2.79. The van der Waals surface area contributed by atoms with Gasteiger partial charge in [-0.2, -0.15) is 0 Å². The van der Waals surface area contributed by atoms with Crippen LogP contribution in [-0.4, -0.2) is 40.0 Å². The molecule has 0 aliphatic carbocycles. The highest BCUT2D eigenvalue weighted by molar-refractivity contribution is 9.10. The van der Waals surface area contributed by atoms with Crippen LogP contribution in [0.25, 0.3) is 17.2 Å². The van der Waals surface area contributed by atoms with Gasteiger partial charge in [0.25, 0.3) is 0 Å². The van der Waals surface area contributed by atoms with Crippen LogP contribution in [-0.2, 0) is 13.0 Å². The minimum atomic E-state index is 0.297. The van der Waals surface area contributed by atoms with E-state index in [4.69, 9.17) is 11.6 Å². The Hall–Kier alpha value is -2.52. The smallest absolute Gasteiger partial charge is 0.242 e. The fourth-order valence-corrected chi connectivity index (χ4v) is 3.72. The van der Waals surface area contributed by atoms with Gasteiger partial charge >= 0.3 is 0 Å². The van der Waals surface area contributed by atoms with E-state index in [2.05, 4.69) is 77.8 Å². The van der Waals surface area contributed by atoms with Crippen LogP contribution < -0.4 is 0 Å². The summed E-state index contributed by atoms with van der Waals surface area (Å²) in [7, 11) is 0. The summed E-state index contributed by atoms with van der Waals surface area (Å²) in [5.74, 6) is 1.52. The number of tetrazole rings is 1. The largest absolute Gasteiger partial charge is 0.313 e. The summed E-state index contributed by atoms with van der Waals surface area (Å²) < 4.78 is 4.81. The van der Waals surface area contributed by atoms with Crippen molar-refractivity contribution in [2.75, 3.05) is 0 Å². The summed E-state index contributed by atoms with van der Waals surface area (Å²) in [4.78, 5) is 4.34. The molecular weight excluding hydrogens is 444 g/mol. The van der Waals surface area contributed by atoms with Gasteiger partial charge in [-0.05, 0) is 68.1 Å². The van der Waals surface area contributed by atoms with Crippen molar-refractivity contribution < 1.29 is 0 Å². The maximum absolute atomic E-state index is 6.01. The Morgan fingerprint density at radius 3 is 2.71 bits per heavy atom. The van der Waals surface area contributed by atoms with Crippen molar-refractivity contribution in [2.45, 2.75) is 32.7 Å². The third-order valence-electron chi connectivity index (χ3n) is 4.43. The van der Waals surface area contributed by atoms with E-state index in [1.54, 1.807) is 0 Å². The molecule has 0 radical (unpaired) electrons. The molecule has 1 aromatic carbocycles. The Morgan fingerprint density at radius 1 is 1.18 bits per heavy atom. The van der Waals surface area contributed by atoms with Crippen molar-refractivity contribution >= 4 is 27.5 Å². The highest BCUT2D eigenvalue weighted by Gasteiger charge is 2.15. The molecule has 4 rings (SSSR count). The van der Waals surface area contributed by atoms with Gasteiger partial charge in [-0.1, -0.05) is 25.5 Å². The van der Waals surface area contributed by atoms with Crippen LogP contribution in [0.1, 0.15) is 31.2 Å². The average molecular weight is 462 g/mol. The molecule has 4 aromatic rings. The lowest BCUT2D eigenvalue weighted by molar-refractivity contribution is 0.618. The van der Waals surface area contributed by atoms with Crippen LogP contribution in [0, 0.1) is 0 Å². The van der Waals surface area contributed by atoms with E-state index < -0.39 is 0 Å². The van der Waals surface area contributed by atoms with E-state index in [-0.39, 0.29) is 0 Å². The van der Waals surface area contributed by atoms with Gasteiger partial charge < -0.3 is 4.57 Å². The molecular formula is C18H18BrClN8.